The average molecular weight is 426 g/mol. The highest BCUT2D eigenvalue weighted by Crippen LogP contribution is 2.33. The number of phenolic OH excluding ortho intramolecular Hbond substituents is 1. The summed E-state index contributed by atoms with van der Waals surface area (Å²) in [4.78, 5) is 20.3. The second-order valence-electron chi connectivity index (χ2n) is 6.56. The van der Waals surface area contributed by atoms with E-state index in [1.807, 2.05) is 30.3 Å². The number of phenols is 1. The van der Waals surface area contributed by atoms with Crippen molar-refractivity contribution in [2.45, 2.75) is 6.42 Å². The molecule has 0 fully saturated rings. The normalized spacial score (nSPS) is 11.0. The zero-order valence-corrected chi connectivity index (χ0v) is 16.8. The molecule has 0 spiro atoms. The summed E-state index contributed by atoms with van der Waals surface area (Å²) < 4.78 is 0. The largest absolute Gasteiger partial charge is 0.506 e. The molecular weight excluding hydrogens is 409 g/mol. The minimum atomic E-state index is -0.258. The van der Waals surface area contributed by atoms with E-state index in [2.05, 4.69) is 15.3 Å². The molecule has 1 aromatic heterocycles. The van der Waals surface area contributed by atoms with Crippen LogP contribution in [0.25, 0.3) is 22.4 Å². The lowest BCUT2D eigenvalue weighted by atomic mass is 10.1. The van der Waals surface area contributed by atoms with Crippen LogP contribution >= 0.6 is 23.2 Å². The third kappa shape index (κ3) is 4.06. The van der Waals surface area contributed by atoms with Gasteiger partial charge in [0.05, 0.1) is 10.6 Å². The van der Waals surface area contributed by atoms with Crippen LogP contribution in [-0.4, -0.2) is 27.5 Å². The SMILES string of the molecule is O=C(NCCc1ccccc1)c1ccc(O)c2[nH]c(-c3ccc(Cl)cc3Cl)nc12. The van der Waals surface area contributed by atoms with Crippen LogP contribution in [0.4, 0.5) is 0 Å². The molecule has 3 N–H and O–H groups in total. The Hall–Kier alpha value is -3.02. The highest BCUT2D eigenvalue weighted by Gasteiger charge is 2.18. The first-order chi connectivity index (χ1) is 14.0. The number of nitrogens with one attached hydrogen (secondary N) is 2. The topological polar surface area (TPSA) is 78.0 Å². The smallest absolute Gasteiger partial charge is 0.253 e. The Morgan fingerprint density at radius 2 is 1.86 bits per heavy atom. The van der Waals surface area contributed by atoms with Gasteiger partial charge in [-0.2, -0.15) is 0 Å². The number of carbonyl (C=O) groups is 1. The molecule has 1 amide bonds. The van der Waals surface area contributed by atoms with E-state index in [4.69, 9.17) is 23.2 Å². The number of amides is 1. The Morgan fingerprint density at radius 3 is 2.62 bits per heavy atom. The predicted octanol–water partition coefficient (Wildman–Crippen LogP) is 5.21. The van der Waals surface area contributed by atoms with Crippen molar-refractivity contribution in [3.8, 4) is 17.1 Å². The van der Waals surface area contributed by atoms with E-state index < -0.39 is 0 Å². The summed E-state index contributed by atoms with van der Waals surface area (Å²) in [5, 5.41) is 14.1. The molecule has 0 unspecified atom stereocenters. The van der Waals surface area contributed by atoms with Gasteiger partial charge in [0, 0.05) is 17.1 Å². The van der Waals surface area contributed by atoms with Crippen molar-refractivity contribution in [3.05, 3.63) is 81.8 Å². The first kappa shape index (κ1) is 19.3. The van der Waals surface area contributed by atoms with E-state index in [-0.39, 0.29) is 11.7 Å². The van der Waals surface area contributed by atoms with Gasteiger partial charge in [0.2, 0.25) is 0 Å². The lowest BCUT2D eigenvalue weighted by Gasteiger charge is -2.06. The zero-order chi connectivity index (χ0) is 20.4. The van der Waals surface area contributed by atoms with E-state index in [0.717, 1.165) is 12.0 Å². The number of hydrogen-bond donors (Lipinski definition) is 3. The number of fused-ring (bicyclic) bond motifs is 1. The van der Waals surface area contributed by atoms with Crippen molar-refractivity contribution in [2.24, 2.45) is 0 Å². The molecule has 0 aliphatic carbocycles. The van der Waals surface area contributed by atoms with Crippen molar-refractivity contribution in [2.75, 3.05) is 6.54 Å². The Morgan fingerprint density at radius 1 is 1.07 bits per heavy atom. The third-order valence-corrected chi connectivity index (χ3v) is 5.14. The zero-order valence-electron chi connectivity index (χ0n) is 15.2. The van der Waals surface area contributed by atoms with Crippen molar-refractivity contribution < 1.29 is 9.90 Å². The van der Waals surface area contributed by atoms with E-state index in [1.165, 1.54) is 6.07 Å². The second-order valence-corrected chi connectivity index (χ2v) is 7.40. The van der Waals surface area contributed by atoms with Gasteiger partial charge in [-0.25, -0.2) is 4.98 Å². The number of aromatic nitrogens is 2. The lowest BCUT2D eigenvalue weighted by Crippen LogP contribution is -2.25. The van der Waals surface area contributed by atoms with Crippen LogP contribution in [0.5, 0.6) is 5.75 Å². The molecule has 4 rings (SSSR count). The number of imidazole rings is 1. The fourth-order valence-electron chi connectivity index (χ4n) is 3.13. The van der Waals surface area contributed by atoms with Gasteiger partial charge in [0.15, 0.2) is 0 Å². The molecule has 0 aliphatic rings. The van der Waals surface area contributed by atoms with Gasteiger partial charge in [-0.3, -0.25) is 4.79 Å². The molecule has 29 heavy (non-hydrogen) atoms. The molecule has 1 heterocycles. The van der Waals surface area contributed by atoms with Crippen molar-refractivity contribution in [3.63, 3.8) is 0 Å². The molecule has 0 atom stereocenters. The van der Waals surface area contributed by atoms with E-state index in [0.29, 0.717) is 44.6 Å². The van der Waals surface area contributed by atoms with Gasteiger partial charge in [0.1, 0.15) is 22.6 Å². The van der Waals surface area contributed by atoms with Crippen LogP contribution in [0.2, 0.25) is 10.0 Å². The van der Waals surface area contributed by atoms with Crippen molar-refractivity contribution >= 4 is 40.1 Å². The monoisotopic (exact) mass is 425 g/mol. The molecule has 7 heteroatoms. The number of aromatic hydroxyl groups is 1. The summed E-state index contributed by atoms with van der Waals surface area (Å²) in [6, 6.07) is 18.0. The van der Waals surface area contributed by atoms with Crippen molar-refractivity contribution in [1.29, 1.82) is 0 Å². The molecule has 3 aromatic carbocycles. The quantitative estimate of drug-likeness (QED) is 0.410. The molecule has 4 aromatic rings. The maximum atomic E-state index is 12.7. The molecule has 0 bridgehead atoms. The number of carbonyl (C=O) groups excluding carboxylic acids is 1. The first-order valence-corrected chi connectivity index (χ1v) is 9.78. The number of rotatable bonds is 5. The predicted molar refractivity (Wildman–Crippen MR) is 116 cm³/mol. The van der Waals surface area contributed by atoms with Crippen LogP contribution in [0, 0.1) is 0 Å². The summed E-state index contributed by atoms with van der Waals surface area (Å²) in [7, 11) is 0. The van der Waals surface area contributed by atoms with Gasteiger partial charge >= 0.3 is 0 Å². The van der Waals surface area contributed by atoms with Crippen molar-refractivity contribution in [1.82, 2.24) is 15.3 Å². The van der Waals surface area contributed by atoms with Gasteiger partial charge < -0.3 is 15.4 Å². The highest BCUT2D eigenvalue weighted by molar-refractivity contribution is 6.36. The lowest BCUT2D eigenvalue weighted by molar-refractivity contribution is 0.0955. The average Bonchev–Trinajstić information content (AvgIpc) is 3.15. The molecule has 0 saturated heterocycles. The summed E-state index contributed by atoms with van der Waals surface area (Å²) >= 11 is 12.2. The second kappa shape index (κ2) is 8.15. The van der Waals surface area contributed by atoms with Gasteiger partial charge in [0.25, 0.3) is 5.91 Å². The maximum Gasteiger partial charge on any atom is 0.253 e. The standard InChI is InChI=1S/C22H17Cl2N3O2/c23-14-6-7-15(17(24)12-14)21-26-19-16(8-9-18(28)20(19)27-21)22(29)25-11-10-13-4-2-1-3-5-13/h1-9,12,28H,10-11H2,(H,25,29)(H,26,27). The Labute approximate surface area is 177 Å². The summed E-state index contributed by atoms with van der Waals surface area (Å²) in [6.07, 6.45) is 0.722. The molecular formula is C22H17Cl2N3O2. The van der Waals surface area contributed by atoms with Gasteiger partial charge in [-0.05, 0) is 42.3 Å². The van der Waals surface area contributed by atoms with Crippen LogP contribution in [0.15, 0.2) is 60.7 Å². The fraction of sp³-hybridized carbons (Fsp3) is 0.0909. The highest BCUT2D eigenvalue weighted by atomic mass is 35.5. The fourth-order valence-corrected chi connectivity index (χ4v) is 3.63. The molecule has 0 saturated carbocycles. The number of H-pyrrole nitrogens is 1. The van der Waals surface area contributed by atoms with E-state index >= 15 is 0 Å². The maximum absolute atomic E-state index is 12.7. The number of hydrogen-bond acceptors (Lipinski definition) is 3. The minimum absolute atomic E-state index is 0.00433. The Balaban J connectivity index is 1.62. The van der Waals surface area contributed by atoms with Crippen LogP contribution < -0.4 is 5.32 Å². The van der Waals surface area contributed by atoms with Crippen LogP contribution in [-0.2, 0) is 6.42 Å². The molecule has 5 nitrogen and oxygen atoms in total. The summed E-state index contributed by atoms with van der Waals surface area (Å²) in [5.41, 5.74) is 2.90. The number of halogens is 2. The summed E-state index contributed by atoms with van der Waals surface area (Å²) in [5.74, 6) is 0.192. The van der Waals surface area contributed by atoms with Crippen LogP contribution in [0.1, 0.15) is 15.9 Å². The number of benzene rings is 3. The minimum Gasteiger partial charge on any atom is -0.506 e. The van der Waals surface area contributed by atoms with E-state index in [9.17, 15) is 9.90 Å². The number of aromatic amines is 1. The molecule has 146 valence electrons. The summed E-state index contributed by atoms with van der Waals surface area (Å²) in [6.45, 7) is 0.492. The van der Waals surface area contributed by atoms with Gasteiger partial charge in [-0.1, -0.05) is 53.5 Å². The Bertz CT molecular complexity index is 1190. The first-order valence-electron chi connectivity index (χ1n) is 9.02. The van der Waals surface area contributed by atoms with E-state index in [1.54, 1.807) is 24.3 Å². The molecule has 0 aliphatic heterocycles. The third-order valence-electron chi connectivity index (χ3n) is 4.60. The Kier molecular flexibility index (Phi) is 5.43. The van der Waals surface area contributed by atoms with Gasteiger partial charge in [-0.15, -0.1) is 0 Å². The number of nitrogens with zero attached hydrogens (tertiary/aromatic N) is 1. The van der Waals surface area contributed by atoms with Crippen LogP contribution in [0.3, 0.4) is 0 Å². The molecule has 0 radical (unpaired) electrons.